The molecule has 2 fully saturated rings. The number of hydrogen-bond donors (Lipinski definition) is 0. The van der Waals surface area contributed by atoms with E-state index >= 15 is 0 Å². The third-order valence-corrected chi connectivity index (χ3v) is 6.47. The first kappa shape index (κ1) is 17.0. The van der Waals surface area contributed by atoms with E-state index in [4.69, 9.17) is 4.74 Å². The molecule has 1 aromatic carbocycles. The predicted octanol–water partition coefficient (Wildman–Crippen LogP) is 3.50. The van der Waals surface area contributed by atoms with Gasteiger partial charge in [0.05, 0.1) is 10.9 Å². The molecule has 5 nitrogen and oxygen atoms in total. The first-order valence-electron chi connectivity index (χ1n) is 8.39. The topological polar surface area (TPSA) is 63.7 Å². The Balaban J connectivity index is 1.80. The molecule has 1 aromatic rings. The van der Waals surface area contributed by atoms with E-state index in [0.717, 1.165) is 29.1 Å². The van der Waals surface area contributed by atoms with E-state index < -0.39 is 22.2 Å². The third-order valence-electron chi connectivity index (χ3n) is 4.66. The first-order chi connectivity index (χ1) is 11.4. The fourth-order valence-corrected chi connectivity index (χ4v) is 4.69. The third kappa shape index (κ3) is 3.20. The minimum absolute atomic E-state index is 0.135. The molecular formula is C18H23NO4S. The Morgan fingerprint density at radius 2 is 2.00 bits per heavy atom. The molecule has 1 aliphatic heterocycles. The van der Waals surface area contributed by atoms with Gasteiger partial charge in [-0.25, -0.2) is 13.2 Å². The summed E-state index contributed by atoms with van der Waals surface area (Å²) in [6.07, 6.45) is 6.54. The number of ether oxygens (including phenoxy) is 1. The zero-order valence-electron chi connectivity index (χ0n) is 14.0. The molecule has 2 aliphatic rings. The molecule has 6 heteroatoms. The van der Waals surface area contributed by atoms with E-state index in [9.17, 15) is 13.2 Å². The van der Waals surface area contributed by atoms with Crippen molar-refractivity contribution in [1.29, 1.82) is 0 Å². The highest BCUT2D eigenvalue weighted by Crippen LogP contribution is 2.47. The lowest BCUT2D eigenvalue weighted by molar-refractivity contribution is 0.169. The maximum absolute atomic E-state index is 12.9. The van der Waals surface area contributed by atoms with Crippen LogP contribution in [0.15, 0.2) is 41.3 Å². The van der Waals surface area contributed by atoms with Gasteiger partial charge in [0.1, 0.15) is 6.61 Å². The fourth-order valence-electron chi connectivity index (χ4n) is 3.16. The van der Waals surface area contributed by atoms with Crippen molar-refractivity contribution in [2.45, 2.75) is 44.0 Å². The van der Waals surface area contributed by atoms with Gasteiger partial charge in [-0.15, -0.1) is 0 Å². The van der Waals surface area contributed by atoms with Crippen LogP contribution in [-0.2, 0) is 14.8 Å². The van der Waals surface area contributed by atoms with Crippen LogP contribution in [0.3, 0.4) is 0 Å². The first-order valence-corrected chi connectivity index (χ1v) is 9.83. The largest absolute Gasteiger partial charge is 0.446 e. The molecule has 1 heterocycles. The highest BCUT2D eigenvalue weighted by Gasteiger charge is 2.53. The average Bonchev–Trinajstić information content (AvgIpc) is 3.20. The molecular weight excluding hydrogens is 326 g/mol. The molecule has 1 saturated heterocycles. The van der Waals surface area contributed by atoms with Crippen molar-refractivity contribution in [3.8, 4) is 0 Å². The molecule has 3 atom stereocenters. The lowest BCUT2D eigenvalue weighted by Crippen LogP contribution is -2.40. The normalized spacial score (nSPS) is 26.8. The van der Waals surface area contributed by atoms with Gasteiger partial charge in [-0.05, 0) is 43.7 Å². The van der Waals surface area contributed by atoms with Crippen LogP contribution in [0.4, 0.5) is 4.79 Å². The van der Waals surface area contributed by atoms with Gasteiger partial charge in [-0.2, -0.15) is 4.31 Å². The monoisotopic (exact) mass is 349 g/mol. The summed E-state index contributed by atoms with van der Waals surface area (Å²) in [6, 6.07) is 6.14. The lowest BCUT2D eigenvalue weighted by atomic mass is 10.1. The van der Waals surface area contributed by atoms with E-state index in [1.165, 1.54) is 0 Å². The van der Waals surface area contributed by atoms with Crippen molar-refractivity contribution in [2.24, 2.45) is 11.8 Å². The Labute approximate surface area is 143 Å². The molecule has 3 unspecified atom stereocenters. The quantitative estimate of drug-likeness (QED) is 0.738. The molecule has 0 N–H and O–H groups in total. The number of amides is 1. The number of nitrogens with zero attached hydrogens (tertiary/aromatic N) is 1. The van der Waals surface area contributed by atoms with E-state index in [-0.39, 0.29) is 17.4 Å². The number of rotatable bonds is 6. The van der Waals surface area contributed by atoms with Gasteiger partial charge >= 0.3 is 6.09 Å². The second kappa shape index (κ2) is 6.59. The average molecular weight is 349 g/mol. The summed E-state index contributed by atoms with van der Waals surface area (Å²) in [5.74, 6) is 0.497. The molecule has 1 amide bonds. The van der Waals surface area contributed by atoms with E-state index in [1.807, 2.05) is 6.92 Å². The van der Waals surface area contributed by atoms with Crippen LogP contribution >= 0.6 is 0 Å². The van der Waals surface area contributed by atoms with Crippen molar-refractivity contribution < 1.29 is 17.9 Å². The van der Waals surface area contributed by atoms with Crippen molar-refractivity contribution in [3.63, 3.8) is 0 Å². The molecule has 0 radical (unpaired) electrons. The highest BCUT2D eigenvalue weighted by atomic mass is 32.2. The van der Waals surface area contributed by atoms with Crippen molar-refractivity contribution in [3.05, 3.63) is 42.0 Å². The Kier molecular flexibility index (Phi) is 4.67. The van der Waals surface area contributed by atoms with Gasteiger partial charge in [0.25, 0.3) is 10.0 Å². The summed E-state index contributed by atoms with van der Waals surface area (Å²) in [5, 5.41) is 0. The summed E-state index contributed by atoms with van der Waals surface area (Å²) >= 11 is 0. The zero-order valence-corrected chi connectivity index (χ0v) is 14.8. The zero-order chi connectivity index (χ0) is 17.3. The van der Waals surface area contributed by atoms with E-state index in [1.54, 1.807) is 24.3 Å². The van der Waals surface area contributed by atoms with Gasteiger partial charge < -0.3 is 4.74 Å². The Morgan fingerprint density at radius 1 is 1.29 bits per heavy atom. The number of cyclic esters (lactones) is 1. The van der Waals surface area contributed by atoms with Crippen LogP contribution in [0.2, 0.25) is 0 Å². The second-order valence-electron chi connectivity index (χ2n) is 6.54. The van der Waals surface area contributed by atoms with Gasteiger partial charge in [-0.3, -0.25) is 0 Å². The van der Waals surface area contributed by atoms with Crippen LogP contribution in [0, 0.1) is 18.8 Å². The Bertz CT molecular complexity index is 739. The molecule has 1 aliphatic carbocycles. The number of carbonyl (C=O) groups excluding carboxylic acids is 1. The summed E-state index contributed by atoms with van der Waals surface area (Å²) in [4.78, 5) is 12.2. The van der Waals surface area contributed by atoms with Gasteiger partial charge in [-0.1, -0.05) is 43.2 Å². The standard InChI is InChI=1S/C18H23NO4S/c1-3-4-5-6-14-11-16(14)17-12-23-18(20)19(17)24(21,22)15-9-7-13(2)8-10-15/h5-10,14,16-17H,3-4,11-12H2,1-2H3/b6-5+. The number of sulfonamides is 1. The Morgan fingerprint density at radius 3 is 2.67 bits per heavy atom. The predicted molar refractivity (Wildman–Crippen MR) is 91.0 cm³/mol. The van der Waals surface area contributed by atoms with Gasteiger partial charge in [0, 0.05) is 0 Å². The number of aryl methyl sites for hydroxylation is 1. The van der Waals surface area contributed by atoms with Crippen LogP contribution < -0.4 is 0 Å². The van der Waals surface area contributed by atoms with Crippen molar-refractivity contribution in [2.75, 3.05) is 6.61 Å². The maximum Gasteiger partial charge on any atom is 0.424 e. The molecule has 3 rings (SSSR count). The van der Waals surface area contributed by atoms with Gasteiger partial charge in [0.15, 0.2) is 0 Å². The smallest absolute Gasteiger partial charge is 0.424 e. The van der Waals surface area contributed by atoms with Crippen LogP contribution in [0.25, 0.3) is 0 Å². The molecule has 0 bridgehead atoms. The summed E-state index contributed by atoms with van der Waals surface area (Å²) in [5.41, 5.74) is 0.970. The number of unbranched alkanes of at least 4 members (excludes halogenated alkanes) is 1. The van der Waals surface area contributed by atoms with Crippen LogP contribution in [0.5, 0.6) is 0 Å². The van der Waals surface area contributed by atoms with E-state index in [2.05, 4.69) is 19.1 Å². The van der Waals surface area contributed by atoms with Crippen LogP contribution in [-0.4, -0.2) is 31.5 Å². The van der Waals surface area contributed by atoms with Crippen molar-refractivity contribution >= 4 is 16.1 Å². The van der Waals surface area contributed by atoms with Gasteiger partial charge in [0.2, 0.25) is 0 Å². The van der Waals surface area contributed by atoms with Crippen molar-refractivity contribution in [1.82, 2.24) is 4.31 Å². The molecule has 130 valence electrons. The number of carbonyl (C=O) groups is 1. The summed E-state index contributed by atoms with van der Waals surface area (Å²) < 4.78 is 31.8. The molecule has 0 spiro atoms. The highest BCUT2D eigenvalue weighted by molar-refractivity contribution is 7.89. The summed E-state index contributed by atoms with van der Waals surface area (Å²) in [7, 11) is -3.87. The number of benzene rings is 1. The Hall–Kier alpha value is -1.82. The summed E-state index contributed by atoms with van der Waals surface area (Å²) in [6.45, 7) is 4.15. The molecule has 0 aromatic heterocycles. The number of hydrogen-bond acceptors (Lipinski definition) is 4. The molecule has 24 heavy (non-hydrogen) atoms. The van der Waals surface area contributed by atoms with Crippen LogP contribution in [0.1, 0.15) is 31.7 Å². The lowest BCUT2D eigenvalue weighted by Gasteiger charge is -2.21. The maximum atomic E-state index is 12.9. The SMILES string of the molecule is CCC/C=C/C1CC1C1COC(=O)N1S(=O)(=O)c1ccc(C)cc1. The minimum Gasteiger partial charge on any atom is -0.446 e. The second-order valence-corrected chi connectivity index (χ2v) is 8.35. The number of allylic oxidation sites excluding steroid dienone is 2. The minimum atomic E-state index is -3.87. The molecule has 1 saturated carbocycles. The fraction of sp³-hybridized carbons (Fsp3) is 0.500. The van der Waals surface area contributed by atoms with E-state index in [0.29, 0.717) is 5.92 Å².